The van der Waals surface area contributed by atoms with Crippen LogP contribution in [0.25, 0.3) is 0 Å². The van der Waals surface area contributed by atoms with Crippen LogP contribution in [0.1, 0.15) is 11.3 Å². The maximum atomic E-state index is 13.0. The van der Waals surface area contributed by atoms with Gasteiger partial charge in [-0.15, -0.1) is 0 Å². The molecule has 0 saturated heterocycles. The van der Waals surface area contributed by atoms with Crippen LogP contribution in [0.3, 0.4) is 0 Å². The number of hydrogen-bond donors (Lipinski definition) is 1. The molecule has 0 bridgehead atoms. The SMILES string of the molecule is Cc1c(Cl)cnn1CC(=O)Nc1nn(Cc2ccc(F)cc2)cc1Br. The number of anilines is 1. The maximum absolute atomic E-state index is 13.0. The van der Waals surface area contributed by atoms with Crippen molar-refractivity contribution in [1.82, 2.24) is 19.6 Å². The molecule has 0 fully saturated rings. The van der Waals surface area contributed by atoms with E-state index in [1.165, 1.54) is 23.0 Å². The summed E-state index contributed by atoms with van der Waals surface area (Å²) in [5, 5.41) is 11.6. The molecule has 1 aromatic carbocycles. The molecule has 3 aromatic rings. The van der Waals surface area contributed by atoms with E-state index in [0.29, 0.717) is 21.9 Å². The number of amides is 1. The Bertz CT molecular complexity index is 906. The number of carbonyl (C=O) groups excluding carboxylic acids is 1. The van der Waals surface area contributed by atoms with Crippen molar-refractivity contribution >= 4 is 39.3 Å². The lowest BCUT2D eigenvalue weighted by molar-refractivity contribution is -0.117. The molecule has 0 aliphatic heterocycles. The summed E-state index contributed by atoms with van der Waals surface area (Å²) >= 11 is 9.30. The van der Waals surface area contributed by atoms with Crippen molar-refractivity contribution in [2.45, 2.75) is 20.0 Å². The van der Waals surface area contributed by atoms with Gasteiger partial charge in [-0.3, -0.25) is 14.2 Å². The molecule has 25 heavy (non-hydrogen) atoms. The summed E-state index contributed by atoms with van der Waals surface area (Å²) in [6, 6.07) is 6.17. The number of carbonyl (C=O) groups is 1. The van der Waals surface area contributed by atoms with E-state index in [1.807, 2.05) is 0 Å². The Morgan fingerprint density at radius 3 is 2.72 bits per heavy atom. The summed E-state index contributed by atoms with van der Waals surface area (Å²) in [5.41, 5.74) is 1.62. The summed E-state index contributed by atoms with van der Waals surface area (Å²) < 4.78 is 16.8. The number of rotatable bonds is 5. The minimum Gasteiger partial charge on any atom is -0.307 e. The Hall–Kier alpha value is -2.19. The quantitative estimate of drug-likeness (QED) is 0.677. The third kappa shape index (κ3) is 4.26. The predicted octanol–water partition coefficient (Wildman–Crippen LogP) is 3.63. The van der Waals surface area contributed by atoms with Crippen LogP contribution in [-0.2, 0) is 17.9 Å². The van der Waals surface area contributed by atoms with Crippen molar-refractivity contribution in [3.63, 3.8) is 0 Å². The highest BCUT2D eigenvalue weighted by Gasteiger charge is 2.13. The highest BCUT2D eigenvalue weighted by Crippen LogP contribution is 2.21. The lowest BCUT2D eigenvalue weighted by atomic mass is 10.2. The van der Waals surface area contributed by atoms with E-state index < -0.39 is 0 Å². The minimum absolute atomic E-state index is 0.0375. The average molecular weight is 427 g/mol. The monoisotopic (exact) mass is 425 g/mol. The van der Waals surface area contributed by atoms with E-state index in [4.69, 9.17) is 11.6 Å². The molecule has 0 saturated carbocycles. The summed E-state index contributed by atoms with van der Waals surface area (Å²) in [6.45, 7) is 2.29. The fourth-order valence-electron chi connectivity index (χ4n) is 2.23. The van der Waals surface area contributed by atoms with E-state index in [1.54, 1.807) is 29.9 Å². The fourth-order valence-corrected chi connectivity index (χ4v) is 2.79. The smallest absolute Gasteiger partial charge is 0.247 e. The Kier molecular flexibility index (Phi) is 5.19. The van der Waals surface area contributed by atoms with Crippen molar-refractivity contribution in [1.29, 1.82) is 0 Å². The van der Waals surface area contributed by atoms with Crippen molar-refractivity contribution in [2.24, 2.45) is 0 Å². The van der Waals surface area contributed by atoms with Crippen molar-refractivity contribution in [3.8, 4) is 0 Å². The number of hydrogen-bond acceptors (Lipinski definition) is 3. The minimum atomic E-state index is -0.285. The molecule has 0 aliphatic carbocycles. The summed E-state index contributed by atoms with van der Waals surface area (Å²) in [6.07, 6.45) is 3.24. The largest absolute Gasteiger partial charge is 0.307 e. The van der Waals surface area contributed by atoms with Gasteiger partial charge in [-0.1, -0.05) is 23.7 Å². The number of aromatic nitrogens is 4. The van der Waals surface area contributed by atoms with Crippen LogP contribution in [0, 0.1) is 12.7 Å². The second kappa shape index (κ2) is 7.37. The van der Waals surface area contributed by atoms with Gasteiger partial charge in [0.25, 0.3) is 0 Å². The third-order valence-electron chi connectivity index (χ3n) is 3.57. The van der Waals surface area contributed by atoms with Crippen molar-refractivity contribution < 1.29 is 9.18 Å². The number of nitrogens with one attached hydrogen (secondary N) is 1. The summed E-state index contributed by atoms with van der Waals surface area (Å²) in [4.78, 5) is 12.2. The molecule has 3 rings (SSSR count). The number of nitrogens with zero attached hydrogens (tertiary/aromatic N) is 4. The zero-order valence-electron chi connectivity index (χ0n) is 13.2. The third-order valence-corrected chi connectivity index (χ3v) is 4.52. The van der Waals surface area contributed by atoms with E-state index in [0.717, 1.165) is 11.3 Å². The fraction of sp³-hybridized carbons (Fsp3) is 0.188. The molecule has 0 unspecified atom stereocenters. The first-order chi connectivity index (χ1) is 11.9. The molecule has 1 amide bonds. The number of benzene rings is 1. The van der Waals surface area contributed by atoms with Gasteiger partial charge in [0.1, 0.15) is 12.4 Å². The van der Waals surface area contributed by atoms with Crippen LogP contribution in [0.15, 0.2) is 41.1 Å². The van der Waals surface area contributed by atoms with Gasteiger partial charge >= 0.3 is 0 Å². The van der Waals surface area contributed by atoms with Crippen LogP contribution in [0.4, 0.5) is 10.2 Å². The molecular weight excluding hydrogens is 413 g/mol. The standard InChI is InChI=1S/C16H14BrClFN5O/c1-10-14(18)6-20-24(10)9-15(25)21-16-13(17)8-23(22-16)7-11-2-4-12(19)5-3-11/h2-6,8H,7,9H2,1H3,(H,21,22,25). The Balaban J connectivity index is 1.66. The Morgan fingerprint density at radius 1 is 1.36 bits per heavy atom. The Morgan fingerprint density at radius 2 is 2.08 bits per heavy atom. The van der Waals surface area contributed by atoms with Gasteiger partial charge in [0.05, 0.1) is 27.9 Å². The van der Waals surface area contributed by atoms with Gasteiger partial charge in [-0.2, -0.15) is 10.2 Å². The summed E-state index contributed by atoms with van der Waals surface area (Å²) in [7, 11) is 0. The highest BCUT2D eigenvalue weighted by atomic mass is 79.9. The maximum Gasteiger partial charge on any atom is 0.247 e. The van der Waals surface area contributed by atoms with Crippen molar-refractivity contribution in [3.05, 3.63) is 63.2 Å². The molecule has 130 valence electrons. The second-order valence-electron chi connectivity index (χ2n) is 5.43. The first kappa shape index (κ1) is 17.6. The normalized spacial score (nSPS) is 10.9. The molecule has 2 heterocycles. The lowest BCUT2D eigenvalue weighted by Gasteiger charge is -2.05. The molecule has 1 N–H and O–H groups in total. The van der Waals surface area contributed by atoms with Crippen LogP contribution >= 0.6 is 27.5 Å². The van der Waals surface area contributed by atoms with Crippen LogP contribution in [0.2, 0.25) is 5.02 Å². The van der Waals surface area contributed by atoms with Gasteiger partial charge in [0, 0.05) is 6.20 Å². The summed E-state index contributed by atoms with van der Waals surface area (Å²) in [5.74, 6) is -0.147. The zero-order chi connectivity index (χ0) is 18.0. The lowest BCUT2D eigenvalue weighted by Crippen LogP contribution is -2.20. The van der Waals surface area contributed by atoms with Gasteiger partial charge in [-0.25, -0.2) is 4.39 Å². The van der Waals surface area contributed by atoms with E-state index >= 15 is 0 Å². The average Bonchev–Trinajstić information content (AvgIpc) is 3.06. The van der Waals surface area contributed by atoms with Gasteiger partial charge < -0.3 is 5.32 Å². The first-order valence-corrected chi connectivity index (χ1v) is 8.54. The molecule has 0 aliphatic rings. The van der Waals surface area contributed by atoms with E-state index in [9.17, 15) is 9.18 Å². The van der Waals surface area contributed by atoms with Gasteiger partial charge in [0.15, 0.2) is 5.82 Å². The zero-order valence-corrected chi connectivity index (χ0v) is 15.6. The molecule has 0 radical (unpaired) electrons. The van der Waals surface area contributed by atoms with Crippen LogP contribution in [0.5, 0.6) is 0 Å². The van der Waals surface area contributed by atoms with Crippen LogP contribution < -0.4 is 5.32 Å². The molecule has 0 spiro atoms. The molecular formula is C16H14BrClFN5O. The topological polar surface area (TPSA) is 64.7 Å². The van der Waals surface area contributed by atoms with Gasteiger partial charge in [-0.05, 0) is 40.5 Å². The van der Waals surface area contributed by atoms with E-state index in [-0.39, 0.29) is 18.3 Å². The first-order valence-electron chi connectivity index (χ1n) is 7.37. The van der Waals surface area contributed by atoms with Gasteiger partial charge in [0.2, 0.25) is 5.91 Å². The second-order valence-corrected chi connectivity index (χ2v) is 6.69. The molecule has 6 nitrogen and oxygen atoms in total. The molecule has 0 atom stereocenters. The van der Waals surface area contributed by atoms with Crippen LogP contribution in [-0.4, -0.2) is 25.5 Å². The predicted molar refractivity (Wildman–Crippen MR) is 96.0 cm³/mol. The van der Waals surface area contributed by atoms with Crippen molar-refractivity contribution in [2.75, 3.05) is 5.32 Å². The number of halogens is 3. The molecule has 2 aromatic heterocycles. The molecule has 9 heteroatoms. The Labute approximate surface area is 156 Å². The van der Waals surface area contributed by atoms with E-state index in [2.05, 4.69) is 31.4 Å². The highest BCUT2D eigenvalue weighted by molar-refractivity contribution is 9.10.